The fraction of sp³-hybridized carbons (Fsp3) is 0.455. The molecule has 80 valence electrons. The summed E-state index contributed by atoms with van der Waals surface area (Å²) in [5.74, 6) is 0. The molecule has 1 aromatic carbocycles. The molecule has 1 aromatic rings. The molecular formula is C11H14N2O2. The number of nitrogens with two attached hydrogens (primary N) is 1. The number of non-ortho nitro benzene ring substituents is 1. The summed E-state index contributed by atoms with van der Waals surface area (Å²) in [6, 6.07) is 4.97. The Hall–Kier alpha value is -1.42. The monoisotopic (exact) mass is 206 g/mol. The first kappa shape index (κ1) is 10.1. The number of hydrogen-bond acceptors (Lipinski definition) is 3. The van der Waals surface area contributed by atoms with Gasteiger partial charge in [-0.05, 0) is 37.3 Å². The van der Waals surface area contributed by atoms with E-state index < -0.39 is 0 Å². The number of nitro groups is 1. The third-order valence-electron chi connectivity index (χ3n) is 2.98. The van der Waals surface area contributed by atoms with Crippen LogP contribution in [0.4, 0.5) is 5.69 Å². The minimum atomic E-state index is -0.362. The molecule has 0 bridgehead atoms. The summed E-state index contributed by atoms with van der Waals surface area (Å²) in [6.07, 6.45) is 2.80. The van der Waals surface area contributed by atoms with Crippen molar-refractivity contribution >= 4 is 5.69 Å². The van der Waals surface area contributed by atoms with Crippen molar-refractivity contribution in [2.45, 2.75) is 31.7 Å². The number of aryl methyl sites for hydroxylation is 1. The minimum Gasteiger partial charge on any atom is -0.325 e. The molecule has 1 aliphatic carbocycles. The Morgan fingerprint density at radius 2 is 2.20 bits per heavy atom. The maximum atomic E-state index is 10.6. The normalized spacial score (nSPS) is 17.5. The second kappa shape index (κ2) is 3.31. The number of nitro benzene ring substituents is 1. The van der Waals surface area contributed by atoms with Crippen LogP contribution < -0.4 is 5.73 Å². The van der Waals surface area contributed by atoms with Crippen molar-refractivity contribution in [3.63, 3.8) is 0 Å². The number of benzene rings is 1. The van der Waals surface area contributed by atoms with E-state index in [1.807, 2.05) is 6.92 Å². The van der Waals surface area contributed by atoms with Crippen LogP contribution in [0.3, 0.4) is 0 Å². The van der Waals surface area contributed by atoms with Crippen molar-refractivity contribution in [1.82, 2.24) is 0 Å². The molecule has 0 saturated heterocycles. The minimum absolute atomic E-state index is 0.0972. The molecule has 0 heterocycles. The standard InChI is InChI=1S/C11H14N2O2/c1-8-2-3-10(13(14)15)6-9(8)7-11(12)4-5-11/h2-3,6H,4-5,7,12H2,1H3. The third kappa shape index (κ3) is 2.15. The smallest absolute Gasteiger partial charge is 0.269 e. The molecule has 0 aromatic heterocycles. The van der Waals surface area contributed by atoms with Crippen LogP contribution in [0.2, 0.25) is 0 Å². The zero-order chi connectivity index (χ0) is 11.1. The SMILES string of the molecule is Cc1ccc([N+](=O)[O-])cc1CC1(N)CC1. The van der Waals surface area contributed by atoms with E-state index in [-0.39, 0.29) is 16.1 Å². The van der Waals surface area contributed by atoms with E-state index in [2.05, 4.69) is 0 Å². The molecular weight excluding hydrogens is 192 g/mol. The average molecular weight is 206 g/mol. The van der Waals surface area contributed by atoms with Gasteiger partial charge >= 0.3 is 0 Å². The Bertz CT molecular complexity index is 411. The van der Waals surface area contributed by atoms with E-state index in [0.717, 1.165) is 30.4 Å². The Balaban J connectivity index is 2.28. The fourth-order valence-corrected chi connectivity index (χ4v) is 1.68. The van der Waals surface area contributed by atoms with Gasteiger partial charge in [0.2, 0.25) is 0 Å². The van der Waals surface area contributed by atoms with Crippen LogP contribution >= 0.6 is 0 Å². The summed E-state index contributed by atoms with van der Waals surface area (Å²) in [4.78, 5) is 10.3. The van der Waals surface area contributed by atoms with Crippen molar-refractivity contribution < 1.29 is 4.92 Å². The lowest BCUT2D eigenvalue weighted by Crippen LogP contribution is -2.24. The molecule has 1 saturated carbocycles. The van der Waals surface area contributed by atoms with Crippen molar-refractivity contribution in [3.8, 4) is 0 Å². The van der Waals surface area contributed by atoms with Crippen molar-refractivity contribution in [2.24, 2.45) is 5.73 Å². The van der Waals surface area contributed by atoms with Gasteiger partial charge in [0, 0.05) is 17.7 Å². The first-order chi connectivity index (χ1) is 7.00. The predicted octanol–water partition coefficient (Wildman–Crippen LogP) is 1.94. The highest BCUT2D eigenvalue weighted by molar-refractivity contribution is 5.40. The fourth-order valence-electron chi connectivity index (χ4n) is 1.68. The van der Waals surface area contributed by atoms with Gasteiger partial charge in [-0.25, -0.2) is 0 Å². The summed E-state index contributed by atoms with van der Waals surface area (Å²) < 4.78 is 0. The van der Waals surface area contributed by atoms with Crippen LogP contribution in [0, 0.1) is 17.0 Å². The Morgan fingerprint density at radius 1 is 1.53 bits per heavy atom. The highest BCUT2D eigenvalue weighted by atomic mass is 16.6. The molecule has 0 aliphatic heterocycles. The largest absolute Gasteiger partial charge is 0.325 e. The molecule has 0 amide bonds. The number of hydrogen-bond donors (Lipinski definition) is 1. The highest BCUT2D eigenvalue weighted by Crippen LogP contribution is 2.36. The quantitative estimate of drug-likeness (QED) is 0.607. The molecule has 0 spiro atoms. The van der Waals surface area contributed by atoms with Crippen molar-refractivity contribution in [2.75, 3.05) is 0 Å². The Kier molecular flexibility index (Phi) is 2.23. The Labute approximate surface area is 88.2 Å². The molecule has 0 atom stereocenters. The second-order valence-electron chi connectivity index (χ2n) is 4.41. The van der Waals surface area contributed by atoms with Gasteiger partial charge in [-0.3, -0.25) is 10.1 Å². The van der Waals surface area contributed by atoms with E-state index in [9.17, 15) is 10.1 Å². The molecule has 4 heteroatoms. The van der Waals surface area contributed by atoms with Crippen LogP contribution in [0.5, 0.6) is 0 Å². The van der Waals surface area contributed by atoms with Gasteiger partial charge < -0.3 is 5.73 Å². The van der Waals surface area contributed by atoms with Gasteiger partial charge in [0.1, 0.15) is 0 Å². The van der Waals surface area contributed by atoms with Gasteiger partial charge in [0.25, 0.3) is 5.69 Å². The van der Waals surface area contributed by atoms with Crippen LogP contribution in [-0.4, -0.2) is 10.5 Å². The lowest BCUT2D eigenvalue weighted by atomic mass is 9.99. The number of rotatable bonds is 3. The summed E-state index contributed by atoms with van der Waals surface area (Å²) >= 11 is 0. The van der Waals surface area contributed by atoms with Crippen molar-refractivity contribution in [3.05, 3.63) is 39.4 Å². The van der Waals surface area contributed by atoms with Crippen LogP contribution in [-0.2, 0) is 6.42 Å². The first-order valence-corrected chi connectivity index (χ1v) is 5.03. The van der Waals surface area contributed by atoms with Gasteiger partial charge in [-0.15, -0.1) is 0 Å². The summed E-state index contributed by atoms with van der Waals surface area (Å²) in [6.45, 7) is 1.96. The maximum absolute atomic E-state index is 10.6. The van der Waals surface area contributed by atoms with E-state index in [1.54, 1.807) is 12.1 Å². The van der Waals surface area contributed by atoms with Crippen molar-refractivity contribution in [1.29, 1.82) is 0 Å². The number of nitrogens with zero attached hydrogens (tertiary/aromatic N) is 1. The van der Waals surface area contributed by atoms with Crippen LogP contribution in [0.1, 0.15) is 24.0 Å². The zero-order valence-electron chi connectivity index (χ0n) is 8.69. The highest BCUT2D eigenvalue weighted by Gasteiger charge is 2.38. The van der Waals surface area contributed by atoms with E-state index in [0.29, 0.717) is 0 Å². The summed E-state index contributed by atoms with van der Waals surface area (Å²) in [5, 5.41) is 10.6. The van der Waals surface area contributed by atoms with Gasteiger partial charge in [-0.1, -0.05) is 6.07 Å². The summed E-state index contributed by atoms with van der Waals surface area (Å²) in [7, 11) is 0. The summed E-state index contributed by atoms with van der Waals surface area (Å²) in [5.41, 5.74) is 8.14. The molecule has 2 rings (SSSR count). The zero-order valence-corrected chi connectivity index (χ0v) is 8.69. The van der Waals surface area contributed by atoms with Gasteiger partial charge in [-0.2, -0.15) is 0 Å². The second-order valence-corrected chi connectivity index (χ2v) is 4.41. The lowest BCUT2D eigenvalue weighted by Gasteiger charge is -2.10. The molecule has 1 aliphatic rings. The molecule has 4 nitrogen and oxygen atoms in total. The molecule has 1 fully saturated rings. The van der Waals surface area contributed by atoms with Gasteiger partial charge in [0.15, 0.2) is 0 Å². The van der Waals surface area contributed by atoms with E-state index in [1.165, 1.54) is 6.07 Å². The third-order valence-corrected chi connectivity index (χ3v) is 2.98. The molecule has 0 unspecified atom stereocenters. The van der Waals surface area contributed by atoms with Gasteiger partial charge in [0.05, 0.1) is 4.92 Å². The van der Waals surface area contributed by atoms with Crippen LogP contribution in [0.15, 0.2) is 18.2 Å². The molecule has 0 radical (unpaired) electrons. The average Bonchev–Trinajstić information content (AvgIpc) is 2.87. The van der Waals surface area contributed by atoms with Crippen LogP contribution in [0.25, 0.3) is 0 Å². The first-order valence-electron chi connectivity index (χ1n) is 5.03. The molecule has 2 N–H and O–H groups in total. The topological polar surface area (TPSA) is 69.2 Å². The Morgan fingerprint density at radius 3 is 2.73 bits per heavy atom. The van der Waals surface area contributed by atoms with E-state index >= 15 is 0 Å². The lowest BCUT2D eigenvalue weighted by molar-refractivity contribution is -0.384. The van der Waals surface area contributed by atoms with E-state index in [4.69, 9.17) is 5.73 Å². The molecule has 15 heavy (non-hydrogen) atoms. The maximum Gasteiger partial charge on any atom is 0.269 e. The predicted molar refractivity (Wildman–Crippen MR) is 57.7 cm³/mol.